The third-order valence-corrected chi connectivity index (χ3v) is 2.22. The normalized spacial score (nSPS) is 9.93. The molecule has 0 aromatic heterocycles. The fourth-order valence-corrected chi connectivity index (χ4v) is 1.58. The fourth-order valence-electron chi connectivity index (χ4n) is 1.58. The zero-order valence-electron chi connectivity index (χ0n) is 8.27. The lowest BCUT2D eigenvalue weighted by Crippen LogP contribution is -1.93. The second-order valence-corrected chi connectivity index (χ2v) is 3.03. The van der Waals surface area contributed by atoms with Crippen LogP contribution in [0.2, 0.25) is 0 Å². The van der Waals surface area contributed by atoms with Crippen LogP contribution in [0.25, 0.3) is 10.8 Å². The summed E-state index contributed by atoms with van der Waals surface area (Å²) in [6.45, 7) is 0.395. The molecule has 2 aromatic rings. The van der Waals surface area contributed by atoms with Crippen LogP contribution in [0.1, 0.15) is 0 Å². The highest BCUT2D eigenvalue weighted by molar-refractivity contribution is 5.91. The lowest BCUT2D eigenvalue weighted by molar-refractivity contribution is -0.120. The lowest BCUT2D eigenvalue weighted by atomic mass is 10.1. The molecule has 3 heteroatoms. The highest BCUT2D eigenvalue weighted by Gasteiger charge is 2.08. The summed E-state index contributed by atoms with van der Waals surface area (Å²) in [4.78, 5) is 10.3. The van der Waals surface area contributed by atoms with E-state index in [-0.39, 0.29) is 0 Å². The minimum absolute atomic E-state index is 0.395. The Hall–Kier alpha value is -2.03. The Labute approximate surface area is 87.2 Å². The molecule has 0 bridgehead atoms. The van der Waals surface area contributed by atoms with Crippen molar-refractivity contribution >= 4 is 17.2 Å². The van der Waals surface area contributed by atoms with Gasteiger partial charge in [0.25, 0.3) is 6.47 Å². The second-order valence-electron chi connectivity index (χ2n) is 3.03. The van der Waals surface area contributed by atoms with E-state index in [1.807, 2.05) is 30.3 Å². The van der Waals surface area contributed by atoms with Crippen molar-refractivity contribution < 1.29 is 14.3 Å². The smallest absolute Gasteiger partial charge is 0.298 e. The van der Waals surface area contributed by atoms with Crippen molar-refractivity contribution in [3.63, 3.8) is 0 Å². The van der Waals surface area contributed by atoms with Gasteiger partial charge in [-0.15, -0.1) is 0 Å². The number of carbonyl (C=O) groups is 1. The van der Waals surface area contributed by atoms with Crippen LogP contribution in [0.15, 0.2) is 36.4 Å². The number of benzene rings is 2. The summed E-state index contributed by atoms with van der Waals surface area (Å²) in [5.74, 6) is 1.02. The largest absolute Gasteiger partial charge is 0.492 e. The highest BCUT2D eigenvalue weighted by Crippen LogP contribution is 2.34. The number of rotatable bonds is 3. The maximum Gasteiger partial charge on any atom is 0.298 e. The molecule has 0 amide bonds. The molecule has 0 radical (unpaired) electrons. The van der Waals surface area contributed by atoms with Gasteiger partial charge in [-0.05, 0) is 11.5 Å². The molecular weight excluding hydrogens is 192 g/mol. The zero-order valence-corrected chi connectivity index (χ0v) is 8.27. The van der Waals surface area contributed by atoms with Gasteiger partial charge in [-0.2, -0.15) is 0 Å². The molecule has 15 heavy (non-hydrogen) atoms. The van der Waals surface area contributed by atoms with Crippen LogP contribution in [0.5, 0.6) is 11.5 Å². The number of methoxy groups -OCH3 is 1. The molecule has 0 atom stereocenters. The van der Waals surface area contributed by atoms with Crippen LogP contribution >= 0.6 is 0 Å². The van der Waals surface area contributed by atoms with Crippen molar-refractivity contribution in [2.45, 2.75) is 0 Å². The average molecular weight is 202 g/mol. The summed E-state index contributed by atoms with van der Waals surface area (Å²) in [5.41, 5.74) is 0. The van der Waals surface area contributed by atoms with Gasteiger partial charge in [0.1, 0.15) is 0 Å². The van der Waals surface area contributed by atoms with Gasteiger partial charge < -0.3 is 9.47 Å². The van der Waals surface area contributed by atoms with Crippen LogP contribution in [0.3, 0.4) is 0 Å². The van der Waals surface area contributed by atoms with Crippen LogP contribution < -0.4 is 9.47 Å². The van der Waals surface area contributed by atoms with Gasteiger partial charge >= 0.3 is 0 Å². The molecule has 0 spiro atoms. The van der Waals surface area contributed by atoms with Crippen LogP contribution in [-0.2, 0) is 4.79 Å². The van der Waals surface area contributed by atoms with Gasteiger partial charge in [0, 0.05) is 5.39 Å². The van der Waals surface area contributed by atoms with Crippen molar-refractivity contribution in [1.82, 2.24) is 0 Å². The summed E-state index contributed by atoms with van der Waals surface area (Å²) in [5, 5.41) is 1.98. The lowest BCUT2D eigenvalue weighted by Gasteiger charge is -2.09. The van der Waals surface area contributed by atoms with Gasteiger partial charge in [0.15, 0.2) is 11.5 Å². The van der Waals surface area contributed by atoms with E-state index in [0.717, 1.165) is 10.8 Å². The van der Waals surface area contributed by atoms with Crippen LogP contribution in [0, 0.1) is 0 Å². The first-order valence-corrected chi connectivity index (χ1v) is 4.53. The molecule has 3 nitrogen and oxygen atoms in total. The molecule has 0 heterocycles. The molecule has 76 valence electrons. The average Bonchev–Trinajstić information content (AvgIpc) is 2.29. The van der Waals surface area contributed by atoms with Gasteiger partial charge in [0.2, 0.25) is 0 Å². The summed E-state index contributed by atoms with van der Waals surface area (Å²) in [6, 6.07) is 11.4. The molecule has 2 rings (SSSR count). The topological polar surface area (TPSA) is 35.5 Å². The van der Waals surface area contributed by atoms with E-state index in [9.17, 15) is 4.79 Å². The second kappa shape index (κ2) is 4.00. The van der Waals surface area contributed by atoms with Crippen LogP contribution in [0.4, 0.5) is 0 Å². The molecule has 0 aliphatic rings. The number of ether oxygens (including phenoxy) is 2. The molecular formula is C12H10O3. The summed E-state index contributed by atoms with van der Waals surface area (Å²) < 4.78 is 10.1. The van der Waals surface area contributed by atoms with Crippen molar-refractivity contribution in [2.24, 2.45) is 0 Å². The predicted molar refractivity (Wildman–Crippen MR) is 57.2 cm³/mol. The van der Waals surface area contributed by atoms with Gasteiger partial charge in [-0.25, -0.2) is 0 Å². The maximum absolute atomic E-state index is 10.3. The Bertz CT molecular complexity index is 491. The molecule has 0 unspecified atom stereocenters. The van der Waals surface area contributed by atoms with E-state index in [4.69, 9.17) is 9.47 Å². The maximum atomic E-state index is 10.3. The van der Waals surface area contributed by atoms with Gasteiger partial charge in [-0.3, -0.25) is 4.79 Å². The number of hydrogen-bond donors (Lipinski definition) is 0. The summed E-state index contributed by atoms with van der Waals surface area (Å²) in [6.07, 6.45) is 0. The Morgan fingerprint density at radius 3 is 2.67 bits per heavy atom. The van der Waals surface area contributed by atoms with Crippen molar-refractivity contribution in [3.8, 4) is 11.5 Å². The summed E-state index contributed by atoms with van der Waals surface area (Å²) in [7, 11) is 1.55. The fraction of sp³-hybridized carbons (Fsp3) is 0.0833. The monoisotopic (exact) mass is 202 g/mol. The van der Waals surface area contributed by atoms with Crippen molar-refractivity contribution in [3.05, 3.63) is 36.4 Å². The molecule has 0 saturated carbocycles. The van der Waals surface area contributed by atoms with Crippen molar-refractivity contribution in [2.75, 3.05) is 7.11 Å². The molecule has 0 N–H and O–H groups in total. The quantitative estimate of drug-likeness (QED) is 0.717. The van der Waals surface area contributed by atoms with E-state index in [0.29, 0.717) is 18.0 Å². The molecule has 0 aliphatic heterocycles. The Morgan fingerprint density at radius 1 is 1.13 bits per heavy atom. The van der Waals surface area contributed by atoms with Crippen molar-refractivity contribution in [1.29, 1.82) is 0 Å². The first kappa shape index (κ1) is 9.52. The van der Waals surface area contributed by atoms with E-state index < -0.39 is 0 Å². The minimum Gasteiger partial charge on any atom is -0.492 e. The van der Waals surface area contributed by atoms with Crippen LogP contribution in [-0.4, -0.2) is 13.6 Å². The Balaban J connectivity index is 2.69. The minimum atomic E-state index is 0.395. The summed E-state index contributed by atoms with van der Waals surface area (Å²) >= 11 is 0. The van der Waals surface area contributed by atoms with E-state index in [1.165, 1.54) is 0 Å². The first-order valence-electron chi connectivity index (χ1n) is 4.53. The highest BCUT2D eigenvalue weighted by atomic mass is 16.5. The third kappa shape index (κ3) is 1.64. The zero-order chi connectivity index (χ0) is 10.7. The standard InChI is InChI=1S/C12H10O3/c1-14-12-10-5-3-2-4-9(10)6-7-11(12)15-8-13/h2-8H,1H3. The van der Waals surface area contributed by atoms with Gasteiger partial charge in [-0.1, -0.05) is 30.3 Å². The van der Waals surface area contributed by atoms with E-state index in [1.54, 1.807) is 13.2 Å². The first-order chi connectivity index (χ1) is 7.36. The Kier molecular flexibility index (Phi) is 2.54. The molecule has 0 saturated heterocycles. The van der Waals surface area contributed by atoms with E-state index in [2.05, 4.69) is 0 Å². The third-order valence-electron chi connectivity index (χ3n) is 2.22. The SMILES string of the molecule is COc1c(OC=O)ccc2ccccc12. The van der Waals surface area contributed by atoms with E-state index >= 15 is 0 Å². The molecule has 2 aromatic carbocycles. The number of carbonyl (C=O) groups excluding carboxylic acids is 1. The Morgan fingerprint density at radius 2 is 1.93 bits per heavy atom. The molecule has 0 fully saturated rings. The molecule has 0 aliphatic carbocycles. The number of hydrogen-bond acceptors (Lipinski definition) is 3. The predicted octanol–water partition coefficient (Wildman–Crippen LogP) is 2.38. The number of fused-ring (bicyclic) bond motifs is 1. The van der Waals surface area contributed by atoms with Gasteiger partial charge in [0.05, 0.1) is 7.11 Å².